The topological polar surface area (TPSA) is 50.8 Å². The minimum atomic E-state index is -0.601. The zero-order valence-corrected chi connectivity index (χ0v) is 12.0. The molecule has 0 spiro atoms. The maximum absolute atomic E-state index is 13.9. The molecule has 1 aromatic carbocycles. The predicted octanol–water partition coefficient (Wildman–Crippen LogP) is 4.03. The lowest BCUT2D eigenvalue weighted by molar-refractivity contribution is 0.438. The fourth-order valence-corrected chi connectivity index (χ4v) is 1.90. The van der Waals surface area contributed by atoms with Crippen LogP contribution in [0.2, 0.25) is 0 Å². The van der Waals surface area contributed by atoms with Crippen molar-refractivity contribution < 1.29 is 9.13 Å². The number of nitrogens with zero attached hydrogens (tertiary/aromatic N) is 3. The SMILES string of the molecule is CC(C)n1cc(Oc2ccc(C#N)c(Br)c2F)cn1. The summed E-state index contributed by atoms with van der Waals surface area (Å²) in [5.74, 6) is -0.102. The molecule has 0 unspecified atom stereocenters. The number of nitriles is 1. The molecule has 0 amide bonds. The van der Waals surface area contributed by atoms with Crippen LogP contribution in [0.25, 0.3) is 0 Å². The molecule has 6 heteroatoms. The largest absolute Gasteiger partial charge is 0.451 e. The molecule has 1 aromatic heterocycles. The van der Waals surface area contributed by atoms with Gasteiger partial charge in [-0.3, -0.25) is 4.68 Å². The normalized spacial score (nSPS) is 10.5. The molecule has 0 saturated carbocycles. The lowest BCUT2D eigenvalue weighted by Gasteiger charge is -2.07. The maximum atomic E-state index is 13.9. The van der Waals surface area contributed by atoms with Crippen LogP contribution in [-0.4, -0.2) is 9.78 Å². The van der Waals surface area contributed by atoms with E-state index >= 15 is 0 Å². The molecule has 0 N–H and O–H groups in total. The van der Waals surface area contributed by atoms with Crippen molar-refractivity contribution in [3.05, 3.63) is 40.4 Å². The Morgan fingerprint density at radius 3 is 2.79 bits per heavy atom. The minimum absolute atomic E-state index is 0.0502. The van der Waals surface area contributed by atoms with Crippen LogP contribution < -0.4 is 4.74 Å². The lowest BCUT2D eigenvalue weighted by atomic mass is 10.2. The lowest BCUT2D eigenvalue weighted by Crippen LogP contribution is -1.99. The molecule has 0 fully saturated rings. The molecule has 4 nitrogen and oxygen atoms in total. The Kier molecular flexibility index (Phi) is 3.86. The highest BCUT2D eigenvalue weighted by Crippen LogP contribution is 2.31. The van der Waals surface area contributed by atoms with Gasteiger partial charge >= 0.3 is 0 Å². The first-order chi connectivity index (χ1) is 9.02. The summed E-state index contributed by atoms with van der Waals surface area (Å²) in [5.41, 5.74) is 0.225. The molecule has 0 aliphatic heterocycles. The zero-order valence-electron chi connectivity index (χ0n) is 10.4. The fraction of sp³-hybridized carbons (Fsp3) is 0.231. The summed E-state index contributed by atoms with van der Waals surface area (Å²) in [7, 11) is 0. The number of aromatic nitrogens is 2. The second-order valence-corrected chi connectivity index (χ2v) is 5.00. The van der Waals surface area contributed by atoms with Crippen molar-refractivity contribution in [3.63, 3.8) is 0 Å². The van der Waals surface area contributed by atoms with E-state index in [9.17, 15) is 4.39 Å². The summed E-state index contributed by atoms with van der Waals surface area (Å²) in [5, 5.41) is 12.9. The molecule has 0 radical (unpaired) electrons. The van der Waals surface area contributed by atoms with Crippen molar-refractivity contribution in [1.82, 2.24) is 9.78 Å². The van der Waals surface area contributed by atoms with Crippen LogP contribution in [0.5, 0.6) is 11.5 Å². The Morgan fingerprint density at radius 1 is 1.47 bits per heavy atom. The average Bonchev–Trinajstić information content (AvgIpc) is 2.84. The second kappa shape index (κ2) is 5.41. The third-order valence-electron chi connectivity index (χ3n) is 2.50. The van der Waals surface area contributed by atoms with Crippen molar-refractivity contribution >= 4 is 15.9 Å². The van der Waals surface area contributed by atoms with Gasteiger partial charge in [0.25, 0.3) is 0 Å². The van der Waals surface area contributed by atoms with Crippen LogP contribution in [0.15, 0.2) is 29.0 Å². The monoisotopic (exact) mass is 323 g/mol. The summed E-state index contributed by atoms with van der Waals surface area (Å²) in [4.78, 5) is 0. The first-order valence-electron chi connectivity index (χ1n) is 5.63. The van der Waals surface area contributed by atoms with E-state index in [1.165, 1.54) is 18.3 Å². The molecule has 19 heavy (non-hydrogen) atoms. The molecule has 0 bridgehead atoms. The van der Waals surface area contributed by atoms with Crippen molar-refractivity contribution in [2.45, 2.75) is 19.9 Å². The highest BCUT2D eigenvalue weighted by molar-refractivity contribution is 9.10. The number of hydrogen-bond acceptors (Lipinski definition) is 3. The van der Waals surface area contributed by atoms with E-state index in [1.54, 1.807) is 10.9 Å². The van der Waals surface area contributed by atoms with Crippen LogP contribution in [0.4, 0.5) is 4.39 Å². The fourth-order valence-electron chi connectivity index (χ4n) is 1.48. The summed E-state index contributed by atoms with van der Waals surface area (Å²) in [6.45, 7) is 3.96. The van der Waals surface area contributed by atoms with E-state index in [2.05, 4.69) is 21.0 Å². The molecule has 0 aliphatic carbocycles. The standard InChI is InChI=1S/C13H11BrFN3O/c1-8(2)18-7-10(6-17-18)19-11-4-3-9(5-16)12(14)13(11)15/h3-4,6-8H,1-2H3. The summed E-state index contributed by atoms with van der Waals surface area (Å²) >= 11 is 3.03. The first-order valence-corrected chi connectivity index (χ1v) is 6.42. The van der Waals surface area contributed by atoms with Gasteiger partial charge < -0.3 is 4.74 Å². The third kappa shape index (κ3) is 2.76. The Bertz CT molecular complexity index is 646. The van der Waals surface area contributed by atoms with Gasteiger partial charge in [-0.1, -0.05) is 0 Å². The smallest absolute Gasteiger partial charge is 0.181 e. The van der Waals surface area contributed by atoms with E-state index in [0.717, 1.165) is 0 Å². The molecule has 0 saturated heterocycles. The zero-order chi connectivity index (χ0) is 14.0. The molecular weight excluding hydrogens is 313 g/mol. The van der Waals surface area contributed by atoms with Gasteiger partial charge in [-0.15, -0.1) is 0 Å². The minimum Gasteiger partial charge on any atom is -0.451 e. The van der Waals surface area contributed by atoms with Crippen LogP contribution in [0, 0.1) is 17.1 Å². The summed E-state index contributed by atoms with van der Waals surface area (Å²) in [6.07, 6.45) is 3.21. The molecular formula is C13H11BrFN3O. The Morgan fingerprint density at radius 2 is 2.21 bits per heavy atom. The van der Waals surface area contributed by atoms with Gasteiger partial charge in [0.1, 0.15) is 6.07 Å². The predicted molar refractivity (Wildman–Crippen MR) is 71.5 cm³/mol. The number of halogens is 2. The van der Waals surface area contributed by atoms with Gasteiger partial charge in [0.15, 0.2) is 17.3 Å². The molecule has 2 rings (SSSR count). The summed E-state index contributed by atoms with van der Waals surface area (Å²) in [6, 6.07) is 5.01. The molecule has 0 aliphatic rings. The van der Waals surface area contributed by atoms with Crippen molar-refractivity contribution in [3.8, 4) is 17.6 Å². The molecule has 98 valence electrons. The Balaban J connectivity index is 2.28. The molecule has 1 heterocycles. The number of ether oxygens (including phenoxy) is 1. The average molecular weight is 324 g/mol. The number of hydrogen-bond donors (Lipinski definition) is 0. The Hall–Kier alpha value is -1.87. The molecule has 2 aromatic rings. The second-order valence-electron chi connectivity index (χ2n) is 4.20. The van der Waals surface area contributed by atoms with E-state index < -0.39 is 5.82 Å². The van der Waals surface area contributed by atoms with Gasteiger partial charge in [-0.2, -0.15) is 10.4 Å². The van der Waals surface area contributed by atoms with Crippen molar-refractivity contribution in [2.75, 3.05) is 0 Å². The number of benzene rings is 1. The third-order valence-corrected chi connectivity index (χ3v) is 3.28. The van der Waals surface area contributed by atoms with Crippen LogP contribution in [-0.2, 0) is 0 Å². The van der Waals surface area contributed by atoms with Crippen molar-refractivity contribution in [2.24, 2.45) is 0 Å². The quantitative estimate of drug-likeness (QED) is 0.856. The highest BCUT2D eigenvalue weighted by atomic mass is 79.9. The van der Waals surface area contributed by atoms with E-state index in [4.69, 9.17) is 10.00 Å². The first kappa shape index (κ1) is 13.6. The van der Waals surface area contributed by atoms with E-state index in [1.807, 2.05) is 19.9 Å². The summed E-state index contributed by atoms with van der Waals surface area (Å²) < 4.78 is 21.2. The van der Waals surface area contributed by atoms with Crippen LogP contribution in [0.3, 0.4) is 0 Å². The van der Waals surface area contributed by atoms with Gasteiger partial charge in [-0.05, 0) is 41.9 Å². The maximum Gasteiger partial charge on any atom is 0.181 e. The van der Waals surface area contributed by atoms with Crippen molar-refractivity contribution in [1.29, 1.82) is 5.26 Å². The van der Waals surface area contributed by atoms with Gasteiger partial charge in [0, 0.05) is 6.04 Å². The van der Waals surface area contributed by atoms with Gasteiger partial charge in [0.05, 0.1) is 22.4 Å². The van der Waals surface area contributed by atoms with Crippen LogP contribution >= 0.6 is 15.9 Å². The van der Waals surface area contributed by atoms with E-state index in [-0.39, 0.29) is 21.8 Å². The van der Waals surface area contributed by atoms with E-state index in [0.29, 0.717) is 5.75 Å². The molecule has 0 atom stereocenters. The highest BCUT2D eigenvalue weighted by Gasteiger charge is 2.13. The van der Waals surface area contributed by atoms with Gasteiger partial charge in [0.2, 0.25) is 0 Å². The van der Waals surface area contributed by atoms with Gasteiger partial charge in [-0.25, -0.2) is 4.39 Å². The van der Waals surface area contributed by atoms with Crippen LogP contribution in [0.1, 0.15) is 25.5 Å². The Labute approximate surface area is 118 Å². The number of rotatable bonds is 3.